The second kappa shape index (κ2) is 7.12. The van der Waals surface area contributed by atoms with Gasteiger partial charge in [0.1, 0.15) is 4.21 Å². The van der Waals surface area contributed by atoms with Crippen molar-refractivity contribution in [3.63, 3.8) is 0 Å². The monoisotopic (exact) mass is 373 g/mol. The number of thiophene rings is 2. The van der Waals surface area contributed by atoms with E-state index in [-0.39, 0.29) is 16.7 Å². The lowest BCUT2D eigenvalue weighted by molar-refractivity contribution is -0.136. The molecular formula is C15H19NO4S3. The second-order valence-corrected chi connectivity index (χ2v) is 10.1. The Labute approximate surface area is 144 Å². The molecule has 0 aromatic carbocycles. The molecule has 0 amide bonds. The summed E-state index contributed by atoms with van der Waals surface area (Å²) in [4.78, 5) is 13.4. The smallest absolute Gasteiger partial charge is 0.308 e. The van der Waals surface area contributed by atoms with Gasteiger partial charge in [0.05, 0.1) is 6.42 Å². The van der Waals surface area contributed by atoms with Crippen LogP contribution < -0.4 is 0 Å². The highest BCUT2D eigenvalue weighted by molar-refractivity contribution is 7.91. The SMILES string of the molecule is Cc1ccc(CN(C(C)C)S(=O)(=O)c2ccc(CC(=O)O)s2)s1. The molecule has 1 N–H and O–H groups in total. The van der Waals surface area contributed by atoms with Gasteiger partial charge in [-0.25, -0.2) is 8.42 Å². The van der Waals surface area contributed by atoms with Crippen molar-refractivity contribution in [3.8, 4) is 0 Å². The van der Waals surface area contributed by atoms with E-state index in [0.29, 0.717) is 11.4 Å². The molecule has 5 nitrogen and oxygen atoms in total. The van der Waals surface area contributed by atoms with E-state index in [2.05, 4.69) is 0 Å². The Balaban J connectivity index is 2.29. The lowest BCUT2D eigenvalue weighted by Crippen LogP contribution is -2.35. The quantitative estimate of drug-likeness (QED) is 0.808. The molecule has 2 rings (SSSR count). The first-order chi connectivity index (χ1) is 10.7. The molecule has 0 aliphatic carbocycles. The topological polar surface area (TPSA) is 74.7 Å². The van der Waals surface area contributed by atoms with Gasteiger partial charge in [-0.15, -0.1) is 22.7 Å². The number of hydrogen-bond donors (Lipinski definition) is 1. The molecular weight excluding hydrogens is 354 g/mol. The van der Waals surface area contributed by atoms with Crippen molar-refractivity contribution in [1.82, 2.24) is 4.31 Å². The van der Waals surface area contributed by atoms with E-state index in [0.717, 1.165) is 21.1 Å². The number of aliphatic carboxylic acids is 1. The van der Waals surface area contributed by atoms with Crippen LogP contribution in [0.15, 0.2) is 28.5 Å². The van der Waals surface area contributed by atoms with Crippen molar-refractivity contribution >= 4 is 38.7 Å². The number of nitrogens with zero attached hydrogens (tertiary/aromatic N) is 1. The van der Waals surface area contributed by atoms with Crippen LogP contribution in [0, 0.1) is 6.92 Å². The molecule has 0 saturated heterocycles. The summed E-state index contributed by atoms with van der Waals surface area (Å²) in [5.74, 6) is -0.967. The third-order valence-electron chi connectivity index (χ3n) is 3.21. The summed E-state index contributed by atoms with van der Waals surface area (Å²) in [6.45, 7) is 5.98. The Kier molecular flexibility index (Phi) is 5.61. The van der Waals surface area contributed by atoms with Gasteiger partial charge in [0.15, 0.2) is 0 Å². The molecule has 2 aromatic rings. The predicted octanol–water partition coefficient (Wildman–Crippen LogP) is 3.34. The molecule has 0 spiro atoms. The maximum Gasteiger partial charge on any atom is 0.308 e. The third-order valence-corrected chi connectivity index (χ3v) is 7.77. The van der Waals surface area contributed by atoms with Crippen LogP contribution in [-0.4, -0.2) is 29.8 Å². The van der Waals surface area contributed by atoms with Crippen LogP contribution in [0.1, 0.15) is 28.5 Å². The summed E-state index contributed by atoms with van der Waals surface area (Å²) in [6, 6.07) is 6.79. The summed E-state index contributed by atoms with van der Waals surface area (Å²) < 4.78 is 27.4. The fourth-order valence-corrected chi connectivity index (χ4v) is 6.19. The van der Waals surface area contributed by atoms with Crippen molar-refractivity contribution < 1.29 is 18.3 Å². The van der Waals surface area contributed by atoms with Crippen LogP contribution >= 0.6 is 22.7 Å². The van der Waals surface area contributed by atoms with E-state index in [4.69, 9.17) is 5.11 Å². The third kappa shape index (κ3) is 4.41. The van der Waals surface area contributed by atoms with Gasteiger partial charge in [0.25, 0.3) is 10.0 Å². The van der Waals surface area contributed by atoms with Gasteiger partial charge in [-0.05, 0) is 45.0 Å². The molecule has 8 heteroatoms. The lowest BCUT2D eigenvalue weighted by Gasteiger charge is -2.24. The van der Waals surface area contributed by atoms with Crippen LogP contribution in [0.3, 0.4) is 0 Å². The second-order valence-electron chi connectivity index (χ2n) is 5.45. The minimum absolute atomic E-state index is 0.161. The number of aryl methyl sites for hydroxylation is 1. The van der Waals surface area contributed by atoms with E-state index in [1.807, 2.05) is 32.9 Å². The number of hydrogen-bond acceptors (Lipinski definition) is 5. The maximum atomic E-state index is 12.9. The minimum atomic E-state index is -3.64. The van der Waals surface area contributed by atoms with Crippen molar-refractivity contribution in [3.05, 3.63) is 38.9 Å². The average Bonchev–Trinajstić information content (AvgIpc) is 3.04. The first-order valence-corrected chi connectivity index (χ1v) is 10.1. The van der Waals surface area contributed by atoms with E-state index in [1.165, 1.54) is 10.4 Å². The zero-order chi connectivity index (χ0) is 17.2. The molecule has 126 valence electrons. The van der Waals surface area contributed by atoms with Crippen LogP contribution in [0.4, 0.5) is 0 Å². The maximum absolute atomic E-state index is 12.9. The van der Waals surface area contributed by atoms with Gasteiger partial charge in [-0.2, -0.15) is 4.31 Å². The number of sulfonamides is 1. The molecule has 0 aliphatic rings. The van der Waals surface area contributed by atoms with Crippen LogP contribution in [0.25, 0.3) is 0 Å². The average molecular weight is 374 g/mol. The van der Waals surface area contributed by atoms with Crippen LogP contribution in [0.5, 0.6) is 0 Å². The number of carboxylic acids is 1. The molecule has 2 aromatic heterocycles. The Morgan fingerprint density at radius 1 is 1.17 bits per heavy atom. The van der Waals surface area contributed by atoms with E-state index >= 15 is 0 Å². The Hall–Kier alpha value is -1.22. The first kappa shape index (κ1) is 18.1. The fraction of sp³-hybridized carbons (Fsp3) is 0.400. The van der Waals surface area contributed by atoms with E-state index in [9.17, 15) is 13.2 Å². The molecule has 2 heterocycles. The standard InChI is InChI=1S/C15H19NO4S3/c1-10(2)16(9-13-5-4-11(3)21-13)23(19,20)15-7-6-12(22-15)8-14(17)18/h4-7,10H,8-9H2,1-3H3,(H,17,18). The molecule has 0 bridgehead atoms. The highest BCUT2D eigenvalue weighted by atomic mass is 32.2. The highest BCUT2D eigenvalue weighted by Gasteiger charge is 2.29. The van der Waals surface area contributed by atoms with Gasteiger partial charge in [-0.1, -0.05) is 0 Å². The first-order valence-electron chi connectivity index (χ1n) is 7.08. The van der Waals surface area contributed by atoms with E-state index < -0.39 is 16.0 Å². The Bertz CT molecular complexity index is 789. The summed E-state index contributed by atoms with van der Waals surface area (Å²) in [5, 5.41) is 8.82. The number of carboxylic acid groups (broad SMARTS) is 1. The highest BCUT2D eigenvalue weighted by Crippen LogP contribution is 2.29. The largest absolute Gasteiger partial charge is 0.481 e. The molecule has 0 atom stereocenters. The summed E-state index contributed by atoms with van der Waals surface area (Å²) in [6.07, 6.45) is -0.161. The Morgan fingerprint density at radius 2 is 1.83 bits per heavy atom. The van der Waals surface area contributed by atoms with Gasteiger partial charge < -0.3 is 5.11 Å². The number of carbonyl (C=O) groups is 1. The summed E-state index contributed by atoms with van der Waals surface area (Å²) in [5.41, 5.74) is 0. The molecule has 23 heavy (non-hydrogen) atoms. The normalized spacial score (nSPS) is 12.2. The lowest BCUT2D eigenvalue weighted by atomic mass is 10.3. The minimum Gasteiger partial charge on any atom is -0.481 e. The van der Waals surface area contributed by atoms with Gasteiger partial charge in [0.2, 0.25) is 0 Å². The zero-order valence-electron chi connectivity index (χ0n) is 13.1. The Morgan fingerprint density at radius 3 is 2.35 bits per heavy atom. The van der Waals surface area contributed by atoms with Crippen molar-refractivity contribution in [1.29, 1.82) is 0 Å². The van der Waals surface area contributed by atoms with Crippen LogP contribution in [0.2, 0.25) is 0 Å². The predicted molar refractivity (Wildman–Crippen MR) is 92.6 cm³/mol. The van der Waals surface area contributed by atoms with Gasteiger partial charge in [-0.3, -0.25) is 4.79 Å². The molecule has 0 fully saturated rings. The summed E-state index contributed by atoms with van der Waals surface area (Å²) in [7, 11) is -3.64. The summed E-state index contributed by atoms with van der Waals surface area (Å²) >= 11 is 2.60. The van der Waals surface area contributed by atoms with Gasteiger partial charge >= 0.3 is 5.97 Å². The molecule has 0 saturated carbocycles. The van der Waals surface area contributed by atoms with Crippen molar-refractivity contribution in [2.45, 2.75) is 44.0 Å². The van der Waals surface area contributed by atoms with E-state index in [1.54, 1.807) is 17.4 Å². The van der Waals surface area contributed by atoms with Crippen molar-refractivity contribution in [2.75, 3.05) is 0 Å². The number of rotatable bonds is 7. The zero-order valence-corrected chi connectivity index (χ0v) is 15.6. The molecule has 0 aliphatic heterocycles. The van der Waals surface area contributed by atoms with Gasteiger partial charge in [0, 0.05) is 27.2 Å². The van der Waals surface area contributed by atoms with Crippen molar-refractivity contribution in [2.24, 2.45) is 0 Å². The fourth-order valence-electron chi connectivity index (χ4n) is 2.13. The van der Waals surface area contributed by atoms with Crippen LogP contribution in [-0.2, 0) is 27.8 Å². The molecule has 0 radical (unpaired) electrons. The molecule has 0 unspecified atom stereocenters.